The highest BCUT2D eigenvalue weighted by Gasteiger charge is 2.15. The van der Waals surface area contributed by atoms with Crippen LogP contribution in [0.1, 0.15) is 12.5 Å². The summed E-state index contributed by atoms with van der Waals surface area (Å²) in [7, 11) is 0. The van der Waals surface area contributed by atoms with E-state index in [9.17, 15) is 4.79 Å². The zero-order valence-electron chi connectivity index (χ0n) is 11.0. The number of pyridine rings is 1. The molecule has 1 atom stereocenters. The van der Waals surface area contributed by atoms with Crippen LogP contribution >= 0.6 is 0 Å². The van der Waals surface area contributed by atoms with E-state index >= 15 is 0 Å². The van der Waals surface area contributed by atoms with Crippen molar-refractivity contribution < 1.29 is 9.53 Å². The van der Waals surface area contributed by atoms with Gasteiger partial charge in [-0.25, -0.2) is 4.98 Å². The van der Waals surface area contributed by atoms with E-state index in [1.54, 1.807) is 13.1 Å². The van der Waals surface area contributed by atoms with Gasteiger partial charge in [-0.05, 0) is 43.7 Å². The van der Waals surface area contributed by atoms with E-state index in [4.69, 9.17) is 4.74 Å². The van der Waals surface area contributed by atoms with Crippen LogP contribution in [-0.4, -0.2) is 17.0 Å². The molecule has 1 heterocycles. The predicted molar refractivity (Wildman–Crippen MR) is 74.1 cm³/mol. The lowest BCUT2D eigenvalue weighted by Gasteiger charge is -2.14. The monoisotopic (exact) mass is 256 g/mol. The van der Waals surface area contributed by atoms with Crippen LogP contribution < -0.4 is 10.1 Å². The Bertz CT molecular complexity index is 555. The summed E-state index contributed by atoms with van der Waals surface area (Å²) in [6.45, 7) is 3.65. The minimum atomic E-state index is -0.579. The summed E-state index contributed by atoms with van der Waals surface area (Å²) in [5, 5.41) is 2.73. The maximum Gasteiger partial charge on any atom is 0.266 e. The summed E-state index contributed by atoms with van der Waals surface area (Å²) in [6.07, 6.45) is 1.08. The molecule has 0 aliphatic rings. The molecule has 0 aliphatic heterocycles. The minimum Gasteiger partial charge on any atom is -0.481 e. The highest BCUT2D eigenvalue weighted by atomic mass is 16.5. The molecule has 98 valence electrons. The van der Waals surface area contributed by atoms with Crippen molar-refractivity contribution in [2.75, 3.05) is 5.32 Å². The van der Waals surface area contributed by atoms with Gasteiger partial charge in [-0.1, -0.05) is 18.2 Å². The molecule has 0 aliphatic carbocycles. The second kappa shape index (κ2) is 6.00. The fourth-order valence-electron chi connectivity index (χ4n) is 1.59. The summed E-state index contributed by atoms with van der Waals surface area (Å²) in [4.78, 5) is 16.0. The Kier molecular flexibility index (Phi) is 4.13. The molecule has 1 aromatic heterocycles. The van der Waals surface area contributed by atoms with Gasteiger partial charge in [0, 0.05) is 6.20 Å². The van der Waals surface area contributed by atoms with Crippen molar-refractivity contribution in [3.05, 3.63) is 54.2 Å². The number of rotatable bonds is 4. The standard InChI is InChI=1S/C15H16N2O2/c1-11-8-9-16-14(10-11)17-15(18)12(2)19-13-6-4-3-5-7-13/h3-10,12H,1-2H3,(H,16,17,18). The average molecular weight is 256 g/mol. The van der Waals surface area contributed by atoms with Crippen molar-refractivity contribution in [1.82, 2.24) is 4.98 Å². The Hall–Kier alpha value is -2.36. The Balaban J connectivity index is 1.96. The fraction of sp³-hybridized carbons (Fsp3) is 0.200. The van der Waals surface area contributed by atoms with Crippen molar-refractivity contribution in [1.29, 1.82) is 0 Å². The second-order valence-corrected chi connectivity index (χ2v) is 4.28. The number of amides is 1. The van der Waals surface area contributed by atoms with Crippen LogP contribution in [0.5, 0.6) is 5.75 Å². The van der Waals surface area contributed by atoms with Crippen LogP contribution in [0, 0.1) is 6.92 Å². The summed E-state index contributed by atoms with van der Waals surface area (Å²) >= 11 is 0. The van der Waals surface area contributed by atoms with Crippen molar-refractivity contribution in [2.24, 2.45) is 0 Å². The van der Waals surface area contributed by atoms with Gasteiger partial charge >= 0.3 is 0 Å². The summed E-state index contributed by atoms with van der Waals surface area (Å²) in [5.41, 5.74) is 1.04. The lowest BCUT2D eigenvalue weighted by molar-refractivity contribution is -0.122. The molecule has 1 amide bonds. The van der Waals surface area contributed by atoms with Gasteiger partial charge in [0.05, 0.1) is 0 Å². The molecule has 2 rings (SSSR count). The molecule has 0 saturated carbocycles. The number of para-hydroxylation sites is 1. The van der Waals surface area contributed by atoms with E-state index in [2.05, 4.69) is 10.3 Å². The number of anilines is 1. The Morgan fingerprint density at radius 2 is 2.00 bits per heavy atom. The molecule has 19 heavy (non-hydrogen) atoms. The Morgan fingerprint density at radius 1 is 1.26 bits per heavy atom. The molecule has 2 aromatic rings. The number of hydrogen-bond donors (Lipinski definition) is 1. The van der Waals surface area contributed by atoms with Crippen LogP contribution in [0.3, 0.4) is 0 Å². The van der Waals surface area contributed by atoms with Crippen LogP contribution in [0.25, 0.3) is 0 Å². The van der Waals surface area contributed by atoms with E-state index in [0.717, 1.165) is 5.56 Å². The van der Waals surface area contributed by atoms with Crippen LogP contribution in [0.15, 0.2) is 48.7 Å². The van der Waals surface area contributed by atoms with Crippen molar-refractivity contribution in [2.45, 2.75) is 20.0 Å². The first-order valence-electron chi connectivity index (χ1n) is 6.10. The van der Waals surface area contributed by atoms with Crippen LogP contribution in [-0.2, 0) is 4.79 Å². The fourth-order valence-corrected chi connectivity index (χ4v) is 1.59. The number of carbonyl (C=O) groups is 1. The normalized spacial score (nSPS) is 11.7. The molecule has 0 spiro atoms. The van der Waals surface area contributed by atoms with Crippen LogP contribution in [0.4, 0.5) is 5.82 Å². The average Bonchev–Trinajstić information content (AvgIpc) is 2.40. The molecule has 1 N–H and O–H groups in total. The van der Waals surface area contributed by atoms with Crippen molar-refractivity contribution >= 4 is 11.7 Å². The molecule has 4 nitrogen and oxygen atoms in total. The van der Waals surface area contributed by atoms with E-state index in [1.807, 2.05) is 49.4 Å². The van der Waals surface area contributed by atoms with E-state index in [1.165, 1.54) is 0 Å². The number of carbonyl (C=O) groups excluding carboxylic acids is 1. The van der Waals surface area contributed by atoms with Gasteiger partial charge in [0.15, 0.2) is 6.10 Å². The minimum absolute atomic E-state index is 0.220. The molecule has 0 bridgehead atoms. The first kappa shape index (κ1) is 13.1. The Labute approximate surface area is 112 Å². The van der Waals surface area contributed by atoms with E-state index in [-0.39, 0.29) is 5.91 Å². The number of nitrogens with one attached hydrogen (secondary N) is 1. The van der Waals surface area contributed by atoms with Crippen LogP contribution in [0.2, 0.25) is 0 Å². The third kappa shape index (κ3) is 3.81. The predicted octanol–water partition coefficient (Wildman–Crippen LogP) is 2.80. The molecule has 0 radical (unpaired) electrons. The third-order valence-electron chi connectivity index (χ3n) is 2.59. The van der Waals surface area contributed by atoms with Gasteiger partial charge in [0.25, 0.3) is 5.91 Å². The van der Waals surface area contributed by atoms with Gasteiger partial charge in [-0.2, -0.15) is 0 Å². The molecule has 0 saturated heterocycles. The largest absolute Gasteiger partial charge is 0.481 e. The molecular formula is C15H16N2O2. The summed E-state index contributed by atoms with van der Waals surface area (Å²) < 4.78 is 5.54. The first-order chi connectivity index (χ1) is 9.15. The SMILES string of the molecule is Cc1ccnc(NC(=O)C(C)Oc2ccccc2)c1. The van der Waals surface area contributed by atoms with Gasteiger partial charge in [-0.15, -0.1) is 0 Å². The number of benzene rings is 1. The highest BCUT2D eigenvalue weighted by Crippen LogP contribution is 2.12. The van der Waals surface area contributed by atoms with E-state index < -0.39 is 6.10 Å². The molecule has 0 fully saturated rings. The first-order valence-corrected chi connectivity index (χ1v) is 6.10. The van der Waals surface area contributed by atoms with Gasteiger partial charge in [0.2, 0.25) is 0 Å². The third-order valence-corrected chi connectivity index (χ3v) is 2.59. The van der Waals surface area contributed by atoms with E-state index in [0.29, 0.717) is 11.6 Å². The maximum absolute atomic E-state index is 12.0. The number of aromatic nitrogens is 1. The van der Waals surface area contributed by atoms with Gasteiger partial charge < -0.3 is 10.1 Å². The number of aryl methyl sites for hydroxylation is 1. The molecule has 1 aromatic carbocycles. The van der Waals surface area contributed by atoms with Crippen molar-refractivity contribution in [3.8, 4) is 5.75 Å². The van der Waals surface area contributed by atoms with Gasteiger partial charge in [0.1, 0.15) is 11.6 Å². The lowest BCUT2D eigenvalue weighted by Crippen LogP contribution is -2.30. The molecule has 4 heteroatoms. The second-order valence-electron chi connectivity index (χ2n) is 4.28. The topological polar surface area (TPSA) is 51.2 Å². The molecule has 1 unspecified atom stereocenters. The Morgan fingerprint density at radius 3 is 2.68 bits per heavy atom. The zero-order chi connectivity index (χ0) is 13.7. The van der Waals surface area contributed by atoms with Crippen molar-refractivity contribution in [3.63, 3.8) is 0 Å². The summed E-state index contributed by atoms with van der Waals surface area (Å²) in [6, 6.07) is 12.9. The highest BCUT2D eigenvalue weighted by molar-refractivity contribution is 5.93. The number of nitrogens with zero attached hydrogens (tertiary/aromatic N) is 1. The lowest BCUT2D eigenvalue weighted by atomic mass is 10.3. The molecular weight excluding hydrogens is 240 g/mol. The number of hydrogen-bond acceptors (Lipinski definition) is 3. The summed E-state index contributed by atoms with van der Waals surface area (Å²) in [5.74, 6) is 0.984. The zero-order valence-corrected chi connectivity index (χ0v) is 11.0. The van der Waals surface area contributed by atoms with Gasteiger partial charge in [-0.3, -0.25) is 4.79 Å². The number of ether oxygens (including phenoxy) is 1. The maximum atomic E-state index is 12.0. The quantitative estimate of drug-likeness (QED) is 0.915. The smallest absolute Gasteiger partial charge is 0.266 e.